The zero-order valence-corrected chi connectivity index (χ0v) is 13.3. The molecule has 1 saturated carbocycles. The molecule has 1 fully saturated rings. The van der Waals surface area contributed by atoms with Gasteiger partial charge in [-0.1, -0.05) is 42.5 Å². The first-order chi connectivity index (χ1) is 11.4. The molecule has 0 amide bonds. The molecule has 0 spiro atoms. The van der Waals surface area contributed by atoms with Crippen LogP contribution in [0.25, 0.3) is 10.8 Å². The predicted molar refractivity (Wildman–Crippen MR) is 89.6 cm³/mol. The summed E-state index contributed by atoms with van der Waals surface area (Å²) in [5.41, 5.74) is -0.882. The number of aryl methyl sites for hydroxylation is 1. The van der Waals surface area contributed by atoms with Crippen LogP contribution in [0.4, 0.5) is 0 Å². The van der Waals surface area contributed by atoms with Gasteiger partial charge in [0, 0.05) is 6.42 Å². The molecule has 128 valence electrons. The fraction of sp³-hybridized carbons (Fsp3) is 0.421. The lowest BCUT2D eigenvalue weighted by Gasteiger charge is -2.40. The lowest BCUT2D eigenvalue weighted by Crippen LogP contribution is -2.53. The molecule has 5 nitrogen and oxygen atoms in total. The molecule has 1 unspecified atom stereocenters. The molecule has 2 aromatic rings. The number of aliphatic carboxylic acids is 1. The summed E-state index contributed by atoms with van der Waals surface area (Å²) in [4.78, 5) is 11.3. The number of rotatable bonds is 4. The number of benzene rings is 2. The number of hydrogen-bond donors (Lipinski definition) is 4. The van der Waals surface area contributed by atoms with Crippen LogP contribution in [0, 0.1) is 5.92 Å². The van der Waals surface area contributed by atoms with Crippen molar-refractivity contribution in [2.75, 3.05) is 0 Å². The summed E-state index contributed by atoms with van der Waals surface area (Å²) >= 11 is 0. The van der Waals surface area contributed by atoms with Crippen molar-refractivity contribution in [3.63, 3.8) is 0 Å². The van der Waals surface area contributed by atoms with Gasteiger partial charge >= 0.3 is 5.97 Å². The predicted octanol–water partition coefficient (Wildman–Crippen LogP) is 1.72. The van der Waals surface area contributed by atoms with Gasteiger partial charge in [-0.25, -0.2) is 4.79 Å². The Morgan fingerprint density at radius 2 is 1.79 bits per heavy atom. The minimum Gasteiger partial charge on any atom is -0.479 e. The van der Waals surface area contributed by atoms with Crippen LogP contribution in [0.1, 0.15) is 24.8 Å². The highest BCUT2D eigenvalue weighted by Crippen LogP contribution is 2.36. The standard InChI is InChI=1S/C19H22O5/c20-16-11-19(24,18(22)23)10-15(17(16)21)8-6-12-5-7-13-3-1-2-4-14(13)9-12/h1-5,7,9,15-17,20-21,24H,6,8,10-11H2,(H,22,23)/t15?,16-,17-,19+/m1/s1. The van der Waals surface area contributed by atoms with E-state index in [9.17, 15) is 25.2 Å². The van der Waals surface area contributed by atoms with E-state index in [1.165, 1.54) is 0 Å². The minimum atomic E-state index is -1.97. The van der Waals surface area contributed by atoms with Crippen LogP contribution in [-0.2, 0) is 11.2 Å². The molecule has 0 saturated heterocycles. The summed E-state index contributed by atoms with van der Waals surface area (Å²) < 4.78 is 0. The lowest BCUT2D eigenvalue weighted by molar-refractivity contribution is -0.179. The van der Waals surface area contributed by atoms with Gasteiger partial charge in [0.2, 0.25) is 0 Å². The highest BCUT2D eigenvalue weighted by atomic mass is 16.4. The zero-order valence-electron chi connectivity index (χ0n) is 13.3. The molecule has 0 radical (unpaired) electrons. The molecule has 3 rings (SSSR count). The number of aliphatic hydroxyl groups excluding tert-OH is 2. The molecule has 2 aromatic carbocycles. The Labute approximate surface area is 140 Å². The Hall–Kier alpha value is -1.95. The van der Waals surface area contributed by atoms with Crippen molar-refractivity contribution in [2.24, 2.45) is 5.92 Å². The fourth-order valence-electron chi connectivity index (χ4n) is 3.61. The number of hydrogen-bond acceptors (Lipinski definition) is 4. The highest BCUT2D eigenvalue weighted by molar-refractivity contribution is 5.83. The van der Waals surface area contributed by atoms with Crippen LogP contribution in [0.3, 0.4) is 0 Å². The van der Waals surface area contributed by atoms with Crippen LogP contribution in [0.5, 0.6) is 0 Å². The minimum absolute atomic E-state index is 0.0475. The fourth-order valence-corrected chi connectivity index (χ4v) is 3.61. The molecule has 0 aliphatic heterocycles. The Morgan fingerprint density at radius 1 is 1.08 bits per heavy atom. The van der Waals surface area contributed by atoms with E-state index in [0.29, 0.717) is 12.8 Å². The second-order valence-electron chi connectivity index (χ2n) is 6.78. The van der Waals surface area contributed by atoms with E-state index < -0.39 is 29.7 Å². The van der Waals surface area contributed by atoms with E-state index in [2.05, 4.69) is 6.07 Å². The second-order valence-corrected chi connectivity index (χ2v) is 6.78. The molecule has 1 aliphatic rings. The molecule has 4 N–H and O–H groups in total. The van der Waals surface area contributed by atoms with E-state index in [1.807, 2.05) is 36.4 Å². The molecular weight excluding hydrogens is 308 g/mol. The first kappa shape index (κ1) is 16.9. The number of fused-ring (bicyclic) bond motifs is 1. The van der Waals surface area contributed by atoms with E-state index >= 15 is 0 Å². The van der Waals surface area contributed by atoms with Crippen molar-refractivity contribution < 1.29 is 25.2 Å². The number of aliphatic hydroxyl groups is 3. The molecule has 0 aromatic heterocycles. The Morgan fingerprint density at radius 3 is 2.50 bits per heavy atom. The van der Waals surface area contributed by atoms with Gasteiger partial charge in [0.25, 0.3) is 0 Å². The highest BCUT2D eigenvalue weighted by Gasteiger charge is 2.48. The first-order valence-electron chi connectivity index (χ1n) is 8.19. The average Bonchev–Trinajstić information content (AvgIpc) is 2.56. The van der Waals surface area contributed by atoms with Gasteiger partial charge < -0.3 is 20.4 Å². The maximum Gasteiger partial charge on any atom is 0.335 e. The summed E-state index contributed by atoms with van der Waals surface area (Å²) in [5, 5.41) is 41.7. The van der Waals surface area contributed by atoms with Gasteiger partial charge in [-0.15, -0.1) is 0 Å². The van der Waals surface area contributed by atoms with Gasteiger partial charge in [0.1, 0.15) is 0 Å². The summed E-state index contributed by atoms with van der Waals surface area (Å²) in [5.74, 6) is -1.80. The SMILES string of the molecule is O=C(O)[C@]1(O)CC(CCc2ccc3ccccc3c2)[C@@H](O)[C@H](O)C1. The monoisotopic (exact) mass is 330 g/mol. The van der Waals surface area contributed by atoms with E-state index in [1.54, 1.807) is 0 Å². The smallest absolute Gasteiger partial charge is 0.335 e. The van der Waals surface area contributed by atoms with Gasteiger partial charge in [-0.2, -0.15) is 0 Å². The van der Waals surface area contributed by atoms with Gasteiger partial charge in [-0.3, -0.25) is 0 Å². The van der Waals surface area contributed by atoms with Crippen molar-refractivity contribution in [1.82, 2.24) is 0 Å². The van der Waals surface area contributed by atoms with Crippen LogP contribution in [0.2, 0.25) is 0 Å². The lowest BCUT2D eigenvalue weighted by atomic mass is 9.73. The largest absolute Gasteiger partial charge is 0.479 e. The van der Waals surface area contributed by atoms with E-state index in [4.69, 9.17) is 0 Å². The van der Waals surface area contributed by atoms with E-state index in [0.717, 1.165) is 16.3 Å². The second kappa shape index (κ2) is 6.51. The van der Waals surface area contributed by atoms with Crippen LogP contribution in [0.15, 0.2) is 42.5 Å². The van der Waals surface area contributed by atoms with E-state index in [-0.39, 0.29) is 12.8 Å². The normalized spacial score (nSPS) is 30.4. The molecule has 0 heterocycles. The molecule has 24 heavy (non-hydrogen) atoms. The van der Waals surface area contributed by atoms with Crippen LogP contribution in [-0.4, -0.2) is 44.2 Å². The third-order valence-electron chi connectivity index (χ3n) is 5.04. The van der Waals surface area contributed by atoms with Crippen molar-refractivity contribution in [3.8, 4) is 0 Å². The third kappa shape index (κ3) is 3.29. The Bertz CT molecular complexity index is 743. The maximum absolute atomic E-state index is 11.3. The van der Waals surface area contributed by atoms with Crippen molar-refractivity contribution in [3.05, 3.63) is 48.0 Å². The number of carboxylic acids is 1. The Kier molecular flexibility index (Phi) is 4.58. The average molecular weight is 330 g/mol. The van der Waals surface area contributed by atoms with Crippen LogP contribution >= 0.6 is 0 Å². The molecular formula is C19H22O5. The number of carbonyl (C=O) groups is 1. The van der Waals surface area contributed by atoms with Gasteiger partial charge in [0.05, 0.1) is 12.2 Å². The third-order valence-corrected chi connectivity index (χ3v) is 5.04. The summed E-state index contributed by atoms with van der Waals surface area (Å²) in [6.45, 7) is 0. The maximum atomic E-state index is 11.3. The molecule has 4 atom stereocenters. The van der Waals surface area contributed by atoms with Crippen molar-refractivity contribution in [2.45, 2.75) is 43.5 Å². The zero-order chi connectivity index (χ0) is 17.3. The van der Waals surface area contributed by atoms with Crippen molar-refractivity contribution in [1.29, 1.82) is 0 Å². The molecule has 0 bridgehead atoms. The summed E-state index contributed by atoms with van der Waals surface area (Å²) in [6.07, 6.45) is -1.46. The van der Waals surface area contributed by atoms with Gasteiger partial charge in [0.15, 0.2) is 5.60 Å². The van der Waals surface area contributed by atoms with Gasteiger partial charge in [-0.05, 0) is 41.5 Å². The quantitative estimate of drug-likeness (QED) is 0.684. The Balaban J connectivity index is 1.72. The van der Waals surface area contributed by atoms with Crippen molar-refractivity contribution >= 4 is 16.7 Å². The molecule has 5 heteroatoms. The summed E-state index contributed by atoms with van der Waals surface area (Å²) in [6, 6.07) is 14.1. The van der Waals surface area contributed by atoms with Crippen LogP contribution < -0.4 is 0 Å². The molecule has 1 aliphatic carbocycles. The first-order valence-corrected chi connectivity index (χ1v) is 8.19. The topological polar surface area (TPSA) is 98.0 Å². The number of carboxylic acid groups (broad SMARTS) is 1. The summed E-state index contributed by atoms with van der Waals surface area (Å²) in [7, 11) is 0.